The van der Waals surface area contributed by atoms with E-state index in [-0.39, 0.29) is 0 Å². The van der Waals surface area contributed by atoms with Gasteiger partial charge in [-0.05, 0) is 19.1 Å². The summed E-state index contributed by atoms with van der Waals surface area (Å²) in [5.41, 5.74) is 5.54. The molecular weight excluding hydrogens is 152 g/mol. The van der Waals surface area contributed by atoms with E-state index in [2.05, 4.69) is 4.99 Å². The smallest absolute Gasteiger partial charge is 0.125 e. The average Bonchev–Trinajstić information content (AvgIpc) is 2.47. The first kappa shape index (κ1) is 8.84. The Balaban J connectivity index is 2.53. The van der Waals surface area contributed by atoms with Gasteiger partial charge in [0.2, 0.25) is 0 Å². The second-order valence-electron chi connectivity index (χ2n) is 2.67. The standard InChI is InChI=1S/C9H14N2O/c1-3-9(10)11-6-8-5-4-7(2)12-8/h4-5H,3,6H2,1-2H3,(H2,10,11). The maximum Gasteiger partial charge on any atom is 0.125 e. The zero-order valence-electron chi connectivity index (χ0n) is 7.50. The van der Waals surface area contributed by atoms with Crippen molar-refractivity contribution in [3.63, 3.8) is 0 Å². The second-order valence-corrected chi connectivity index (χ2v) is 2.67. The number of hydrogen-bond donors (Lipinski definition) is 1. The molecule has 2 N–H and O–H groups in total. The molecule has 1 aromatic rings. The fraction of sp³-hybridized carbons (Fsp3) is 0.444. The molecule has 0 amide bonds. The number of nitrogens with two attached hydrogens (primary N) is 1. The summed E-state index contributed by atoms with van der Waals surface area (Å²) >= 11 is 0. The van der Waals surface area contributed by atoms with Gasteiger partial charge in [-0.3, -0.25) is 4.99 Å². The molecule has 1 heterocycles. The van der Waals surface area contributed by atoms with Crippen molar-refractivity contribution < 1.29 is 4.42 Å². The van der Waals surface area contributed by atoms with Crippen molar-refractivity contribution in [2.45, 2.75) is 26.8 Å². The highest BCUT2D eigenvalue weighted by atomic mass is 16.3. The quantitative estimate of drug-likeness (QED) is 0.550. The first-order chi connectivity index (χ1) is 5.72. The van der Waals surface area contributed by atoms with Crippen molar-refractivity contribution >= 4 is 5.84 Å². The minimum atomic E-state index is 0.549. The largest absolute Gasteiger partial charge is 0.464 e. The van der Waals surface area contributed by atoms with E-state index < -0.39 is 0 Å². The van der Waals surface area contributed by atoms with Crippen LogP contribution in [-0.2, 0) is 6.54 Å². The molecule has 1 aromatic heterocycles. The highest BCUT2D eigenvalue weighted by Crippen LogP contribution is 2.07. The molecule has 0 bridgehead atoms. The molecule has 0 aromatic carbocycles. The summed E-state index contributed by atoms with van der Waals surface area (Å²) in [5.74, 6) is 2.45. The number of hydrogen-bond acceptors (Lipinski definition) is 2. The van der Waals surface area contributed by atoms with Gasteiger partial charge in [0.15, 0.2) is 0 Å². The molecular formula is C9H14N2O. The van der Waals surface area contributed by atoms with Crippen molar-refractivity contribution in [1.29, 1.82) is 0 Å². The highest BCUT2D eigenvalue weighted by Gasteiger charge is 1.96. The fourth-order valence-corrected chi connectivity index (χ4v) is 0.861. The third-order valence-corrected chi connectivity index (χ3v) is 1.60. The lowest BCUT2D eigenvalue weighted by molar-refractivity contribution is 0.486. The van der Waals surface area contributed by atoms with E-state index in [4.69, 9.17) is 10.2 Å². The van der Waals surface area contributed by atoms with Gasteiger partial charge in [0, 0.05) is 6.42 Å². The van der Waals surface area contributed by atoms with Crippen molar-refractivity contribution in [3.8, 4) is 0 Å². The number of amidine groups is 1. The highest BCUT2D eigenvalue weighted by molar-refractivity contribution is 5.79. The Morgan fingerprint density at radius 1 is 1.58 bits per heavy atom. The minimum Gasteiger partial charge on any atom is -0.464 e. The lowest BCUT2D eigenvalue weighted by Gasteiger charge is -1.93. The van der Waals surface area contributed by atoms with E-state index in [1.54, 1.807) is 0 Å². The van der Waals surface area contributed by atoms with Crippen LogP contribution in [0.5, 0.6) is 0 Å². The molecule has 3 heteroatoms. The van der Waals surface area contributed by atoms with Crippen LogP contribution in [0.4, 0.5) is 0 Å². The molecule has 0 aliphatic rings. The zero-order chi connectivity index (χ0) is 8.97. The first-order valence-corrected chi connectivity index (χ1v) is 4.06. The van der Waals surface area contributed by atoms with Crippen LogP contribution in [0.15, 0.2) is 21.5 Å². The van der Waals surface area contributed by atoms with Crippen molar-refractivity contribution in [1.82, 2.24) is 0 Å². The van der Waals surface area contributed by atoms with Crippen LogP contribution in [0, 0.1) is 6.92 Å². The molecule has 12 heavy (non-hydrogen) atoms. The molecule has 0 unspecified atom stereocenters. The van der Waals surface area contributed by atoms with Crippen LogP contribution >= 0.6 is 0 Å². The van der Waals surface area contributed by atoms with Crippen LogP contribution in [0.3, 0.4) is 0 Å². The normalized spacial score (nSPS) is 12.0. The number of aryl methyl sites for hydroxylation is 1. The van der Waals surface area contributed by atoms with Gasteiger partial charge in [-0.25, -0.2) is 0 Å². The Hall–Kier alpha value is -1.25. The van der Waals surface area contributed by atoms with Gasteiger partial charge in [0.25, 0.3) is 0 Å². The van der Waals surface area contributed by atoms with E-state index in [9.17, 15) is 0 Å². The van der Waals surface area contributed by atoms with Gasteiger partial charge in [-0.15, -0.1) is 0 Å². The van der Waals surface area contributed by atoms with Gasteiger partial charge in [0.05, 0.1) is 12.4 Å². The van der Waals surface area contributed by atoms with E-state index >= 15 is 0 Å². The molecule has 1 rings (SSSR count). The van der Waals surface area contributed by atoms with Crippen LogP contribution in [-0.4, -0.2) is 5.84 Å². The Bertz CT molecular complexity index is 276. The van der Waals surface area contributed by atoms with Crippen molar-refractivity contribution in [3.05, 3.63) is 23.7 Å². The van der Waals surface area contributed by atoms with Gasteiger partial charge < -0.3 is 10.2 Å². The average molecular weight is 166 g/mol. The maximum absolute atomic E-state index is 5.54. The fourth-order valence-electron chi connectivity index (χ4n) is 0.861. The van der Waals surface area contributed by atoms with Gasteiger partial charge in [-0.2, -0.15) is 0 Å². The Labute approximate surface area is 72.3 Å². The van der Waals surface area contributed by atoms with E-state index in [0.29, 0.717) is 12.4 Å². The van der Waals surface area contributed by atoms with Crippen LogP contribution < -0.4 is 5.73 Å². The van der Waals surface area contributed by atoms with Crippen LogP contribution in [0.25, 0.3) is 0 Å². The molecule has 0 spiro atoms. The van der Waals surface area contributed by atoms with Crippen molar-refractivity contribution in [2.24, 2.45) is 10.7 Å². The summed E-state index contributed by atoms with van der Waals surface area (Å²) in [7, 11) is 0. The molecule has 0 saturated heterocycles. The van der Waals surface area contributed by atoms with Crippen LogP contribution in [0.2, 0.25) is 0 Å². The molecule has 0 fully saturated rings. The number of nitrogens with zero attached hydrogens (tertiary/aromatic N) is 1. The molecule has 0 atom stereocenters. The first-order valence-electron chi connectivity index (χ1n) is 4.06. The number of aliphatic imine (C=N–C) groups is 1. The topological polar surface area (TPSA) is 51.5 Å². The van der Waals surface area contributed by atoms with E-state index in [0.717, 1.165) is 17.9 Å². The third kappa shape index (κ3) is 2.42. The monoisotopic (exact) mass is 166 g/mol. The third-order valence-electron chi connectivity index (χ3n) is 1.60. The predicted octanol–water partition coefficient (Wildman–Crippen LogP) is 1.86. The van der Waals surface area contributed by atoms with Gasteiger partial charge >= 0.3 is 0 Å². The second kappa shape index (κ2) is 3.95. The predicted molar refractivity (Wildman–Crippen MR) is 49.1 cm³/mol. The number of rotatable bonds is 3. The zero-order valence-corrected chi connectivity index (χ0v) is 7.50. The summed E-state index contributed by atoms with van der Waals surface area (Å²) < 4.78 is 5.32. The Morgan fingerprint density at radius 2 is 2.33 bits per heavy atom. The number of furan rings is 1. The summed E-state index contributed by atoms with van der Waals surface area (Å²) in [6.45, 7) is 4.44. The van der Waals surface area contributed by atoms with Crippen LogP contribution in [0.1, 0.15) is 24.9 Å². The molecule has 0 radical (unpaired) electrons. The SMILES string of the molecule is CCC(N)=NCc1ccc(C)o1. The summed E-state index contributed by atoms with van der Waals surface area (Å²) in [6, 6.07) is 3.84. The molecule has 0 saturated carbocycles. The van der Waals surface area contributed by atoms with E-state index in [1.165, 1.54) is 0 Å². The molecule has 66 valence electrons. The van der Waals surface area contributed by atoms with Gasteiger partial charge in [0.1, 0.15) is 11.5 Å². The molecule has 0 aliphatic heterocycles. The summed E-state index contributed by atoms with van der Waals surface area (Å²) in [4.78, 5) is 4.13. The van der Waals surface area contributed by atoms with Crippen molar-refractivity contribution in [2.75, 3.05) is 0 Å². The minimum absolute atomic E-state index is 0.549. The van der Waals surface area contributed by atoms with Gasteiger partial charge in [-0.1, -0.05) is 6.92 Å². The Morgan fingerprint density at radius 3 is 2.83 bits per heavy atom. The maximum atomic E-state index is 5.54. The lowest BCUT2D eigenvalue weighted by atomic mass is 10.4. The lowest BCUT2D eigenvalue weighted by Crippen LogP contribution is -2.09. The summed E-state index contributed by atoms with van der Waals surface area (Å²) in [5, 5.41) is 0. The Kier molecular flexibility index (Phi) is 2.91. The van der Waals surface area contributed by atoms with E-state index in [1.807, 2.05) is 26.0 Å². The molecule has 0 aliphatic carbocycles. The molecule has 3 nitrogen and oxygen atoms in total. The summed E-state index contributed by atoms with van der Waals surface area (Å²) in [6.07, 6.45) is 0.791.